The largest absolute Gasteiger partial charge is 0.389 e. The van der Waals surface area contributed by atoms with Gasteiger partial charge in [0.1, 0.15) is 18.4 Å². The van der Waals surface area contributed by atoms with Gasteiger partial charge in [-0.2, -0.15) is 5.10 Å². The predicted octanol–water partition coefficient (Wildman–Crippen LogP) is 1.13. The van der Waals surface area contributed by atoms with Gasteiger partial charge in [-0.3, -0.25) is 14.7 Å². The number of rotatable bonds is 2. The summed E-state index contributed by atoms with van der Waals surface area (Å²) >= 11 is 0. The highest BCUT2D eigenvalue weighted by Crippen LogP contribution is 2.19. The van der Waals surface area contributed by atoms with Gasteiger partial charge in [0.15, 0.2) is 0 Å². The van der Waals surface area contributed by atoms with E-state index < -0.39 is 6.10 Å². The Bertz CT molecular complexity index is 621. The molecule has 2 heterocycles. The Morgan fingerprint density at radius 1 is 1.45 bits per heavy atom. The van der Waals surface area contributed by atoms with Gasteiger partial charge in [0.05, 0.1) is 12.2 Å². The van der Waals surface area contributed by atoms with Gasteiger partial charge in [0.2, 0.25) is 0 Å². The first-order chi connectivity index (χ1) is 9.63. The minimum absolute atomic E-state index is 0.144. The molecule has 2 N–H and O–H groups in total. The Morgan fingerprint density at radius 2 is 2.20 bits per heavy atom. The molecule has 1 saturated heterocycles. The highest BCUT2D eigenvalue weighted by atomic mass is 16.7. The molecule has 20 heavy (non-hydrogen) atoms. The van der Waals surface area contributed by atoms with Crippen molar-refractivity contribution in [2.45, 2.75) is 13.0 Å². The summed E-state index contributed by atoms with van der Waals surface area (Å²) in [5.74, 6) is -0.326. The number of carbonyl (C=O) groups is 1. The number of hydrogen-bond acceptors (Lipinski definition) is 4. The van der Waals surface area contributed by atoms with Gasteiger partial charge in [0.25, 0.3) is 5.91 Å². The van der Waals surface area contributed by atoms with E-state index in [1.54, 1.807) is 6.07 Å². The number of aromatic amines is 1. The maximum absolute atomic E-state index is 12.1. The minimum Gasteiger partial charge on any atom is -0.389 e. The fourth-order valence-corrected chi connectivity index (χ4v) is 2.05. The van der Waals surface area contributed by atoms with E-state index in [1.165, 1.54) is 5.56 Å². The van der Waals surface area contributed by atoms with E-state index in [1.807, 2.05) is 31.2 Å². The van der Waals surface area contributed by atoms with E-state index >= 15 is 0 Å². The van der Waals surface area contributed by atoms with Gasteiger partial charge in [-0.05, 0) is 13.0 Å². The van der Waals surface area contributed by atoms with Crippen molar-refractivity contribution in [2.75, 3.05) is 13.2 Å². The first-order valence-corrected chi connectivity index (χ1v) is 6.39. The van der Waals surface area contributed by atoms with Crippen LogP contribution in [0.3, 0.4) is 0 Å². The predicted molar refractivity (Wildman–Crippen MR) is 71.8 cm³/mol. The molecule has 0 bridgehead atoms. The van der Waals surface area contributed by atoms with Crippen LogP contribution in [0.5, 0.6) is 0 Å². The molecule has 0 radical (unpaired) electrons. The average molecular weight is 273 g/mol. The third-order valence-electron chi connectivity index (χ3n) is 3.18. The second-order valence-electron chi connectivity index (χ2n) is 4.85. The molecular weight excluding hydrogens is 258 g/mol. The quantitative estimate of drug-likeness (QED) is 0.860. The van der Waals surface area contributed by atoms with E-state index in [9.17, 15) is 9.90 Å². The Morgan fingerprint density at radius 3 is 2.85 bits per heavy atom. The van der Waals surface area contributed by atoms with Gasteiger partial charge in [-0.1, -0.05) is 29.8 Å². The molecule has 2 aromatic rings. The van der Waals surface area contributed by atoms with E-state index in [2.05, 4.69) is 10.2 Å². The molecule has 1 atom stereocenters. The number of aryl methyl sites for hydroxylation is 1. The molecule has 0 saturated carbocycles. The minimum atomic E-state index is -0.626. The van der Waals surface area contributed by atoms with Gasteiger partial charge >= 0.3 is 0 Å². The molecule has 6 heteroatoms. The normalized spacial score (nSPS) is 18.5. The molecule has 6 nitrogen and oxygen atoms in total. The molecule has 1 aliphatic rings. The van der Waals surface area contributed by atoms with Crippen molar-refractivity contribution in [3.05, 3.63) is 41.6 Å². The summed E-state index contributed by atoms with van der Waals surface area (Å²) in [5.41, 5.74) is 3.15. The van der Waals surface area contributed by atoms with Crippen molar-refractivity contribution in [1.82, 2.24) is 15.3 Å². The van der Waals surface area contributed by atoms with Gasteiger partial charge in [-0.15, -0.1) is 0 Å². The van der Waals surface area contributed by atoms with Crippen LogP contribution in [0.1, 0.15) is 16.1 Å². The number of aliphatic hydroxyl groups excluding tert-OH is 1. The zero-order valence-electron chi connectivity index (χ0n) is 11.0. The third kappa shape index (κ3) is 2.43. The van der Waals surface area contributed by atoms with Crippen molar-refractivity contribution >= 4 is 5.91 Å². The molecule has 0 spiro atoms. The van der Waals surface area contributed by atoms with Crippen molar-refractivity contribution in [3.63, 3.8) is 0 Å². The summed E-state index contributed by atoms with van der Waals surface area (Å²) in [6.45, 7) is 2.34. The van der Waals surface area contributed by atoms with E-state index in [0.29, 0.717) is 11.4 Å². The van der Waals surface area contributed by atoms with Crippen LogP contribution in [0.2, 0.25) is 0 Å². The lowest BCUT2D eigenvalue weighted by atomic mass is 10.1. The van der Waals surface area contributed by atoms with Crippen LogP contribution >= 0.6 is 0 Å². The molecule has 1 fully saturated rings. The first-order valence-electron chi connectivity index (χ1n) is 6.39. The Kier molecular flexibility index (Phi) is 3.25. The smallest absolute Gasteiger partial charge is 0.295 e. The monoisotopic (exact) mass is 273 g/mol. The van der Waals surface area contributed by atoms with E-state index in [-0.39, 0.29) is 19.1 Å². The van der Waals surface area contributed by atoms with E-state index in [4.69, 9.17) is 4.84 Å². The molecule has 104 valence electrons. The maximum atomic E-state index is 12.1. The fraction of sp³-hybridized carbons (Fsp3) is 0.286. The van der Waals surface area contributed by atoms with E-state index in [0.717, 1.165) is 10.6 Å². The van der Waals surface area contributed by atoms with Crippen LogP contribution in [-0.4, -0.2) is 45.5 Å². The molecule has 3 rings (SSSR count). The lowest BCUT2D eigenvalue weighted by Gasteiger charge is -2.11. The zero-order chi connectivity index (χ0) is 14.1. The van der Waals surface area contributed by atoms with Crippen LogP contribution in [0, 0.1) is 6.92 Å². The summed E-state index contributed by atoms with van der Waals surface area (Å²) in [5, 5.41) is 17.4. The Balaban J connectivity index is 1.79. The summed E-state index contributed by atoms with van der Waals surface area (Å²) < 4.78 is 0. The lowest BCUT2D eigenvalue weighted by molar-refractivity contribution is -0.0783. The molecular formula is C14H15N3O3. The number of H-pyrrole nitrogens is 1. The summed E-state index contributed by atoms with van der Waals surface area (Å²) in [7, 11) is 0. The molecule has 1 aliphatic heterocycles. The first kappa shape index (κ1) is 12.8. The summed E-state index contributed by atoms with van der Waals surface area (Å²) in [6, 6.07) is 9.57. The zero-order valence-corrected chi connectivity index (χ0v) is 11.0. The number of nitrogens with zero attached hydrogens (tertiary/aromatic N) is 2. The Hall–Kier alpha value is -2.18. The third-order valence-corrected chi connectivity index (χ3v) is 3.18. The number of hydroxylamine groups is 2. The van der Waals surface area contributed by atoms with Gasteiger partial charge in [0, 0.05) is 5.56 Å². The molecule has 1 unspecified atom stereocenters. The highest BCUT2D eigenvalue weighted by Gasteiger charge is 2.28. The lowest BCUT2D eigenvalue weighted by Crippen LogP contribution is -2.28. The van der Waals surface area contributed by atoms with Crippen LogP contribution in [0.15, 0.2) is 30.3 Å². The van der Waals surface area contributed by atoms with Crippen LogP contribution in [0.25, 0.3) is 11.3 Å². The number of carbonyl (C=O) groups excluding carboxylic acids is 1. The second kappa shape index (κ2) is 5.07. The van der Waals surface area contributed by atoms with Crippen molar-refractivity contribution in [1.29, 1.82) is 0 Å². The van der Waals surface area contributed by atoms with Crippen LogP contribution in [0.4, 0.5) is 0 Å². The molecule has 1 aromatic heterocycles. The molecule has 0 aliphatic carbocycles. The van der Waals surface area contributed by atoms with Crippen LogP contribution < -0.4 is 0 Å². The van der Waals surface area contributed by atoms with Crippen molar-refractivity contribution < 1.29 is 14.7 Å². The van der Waals surface area contributed by atoms with Crippen LogP contribution in [-0.2, 0) is 4.84 Å². The molecule has 1 amide bonds. The number of aromatic nitrogens is 2. The second-order valence-corrected chi connectivity index (χ2v) is 4.85. The van der Waals surface area contributed by atoms with Gasteiger partial charge in [-0.25, -0.2) is 5.06 Å². The average Bonchev–Trinajstić information content (AvgIpc) is 3.08. The van der Waals surface area contributed by atoms with Crippen molar-refractivity contribution in [2.24, 2.45) is 0 Å². The summed E-state index contributed by atoms with van der Waals surface area (Å²) in [6.07, 6.45) is -0.626. The number of amides is 1. The highest BCUT2D eigenvalue weighted by molar-refractivity contribution is 5.92. The number of β-amino-alcohol motifs (C(OH)–C–C–N with tert-alkyl or cyclic N) is 1. The fourth-order valence-electron chi connectivity index (χ4n) is 2.05. The van der Waals surface area contributed by atoms with Gasteiger partial charge < -0.3 is 5.11 Å². The molecule has 1 aromatic carbocycles. The summed E-state index contributed by atoms with van der Waals surface area (Å²) in [4.78, 5) is 17.2. The SMILES string of the molecule is Cc1ccc(-c2cc(C(=O)N3CC(O)CO3)[nH]n2)cc1. The maximum Gasteiger partial charge on any atom is 0.295 e. The number of nitrogens with one attached hydrogen (secondary N) is 1. The Labute approximate surface area is 115 Å². The number of benzene rings is 1. The topological polar surface area (TPSA) is 78.5 Å². The standard InChI is InChI=1S/C14H15N3O3/c1-9-2-4-10(5-3-9)12-6-13(16-15-12)14(19)17-7-11(18)8-20-17/h2-6,11,18H,7-8H2,1H3,(H,15,16). The number of hydrogen-bond donors (Lipinski definition) is 2. The number of aliphatic hydroxyl groups is 1. The van der Waals surface area contributed by atoms with Crippen molar-refractivity contribution in [3.8, 4) is 11.3 Å².